The molecule has 2 heterocycles. The second-order valence-electron chi connectivity index (χ2n) is 5.40. The molecule has 0 spiro atoms. The van der Waals surface area contributed by atoms with Gasteiger partial charge in [-0.2, -0.15) is 16.9 Å². The summed E-state index contributed by atoms with van der Waals surface area (Å²) in [5.74, 6) is 3.04. The van der Waals surface area contributed by atoms with Crippen molar-refractivity contribution in [1.29, 1.82) is 0 Å². The van der Waals surface area contributed by atoms with E-state index in [1.807, 2.05) is 0 Å². The Bertz CT molecular complexity index is 358. The van der Waals surface area contributed by atoms with Crippen molar-refractivity contribution < 1.29 is 0 Å². The maximum atomic E-state index is 4.43. The molecule has 1 N–H and O–H groups in total. The topological polar surface area (TPSA) is 42.7 Å². The van der Waals surface area contributed by atoms with Crippen molar-refractivity contribution >= 4 is 11.8 Å². The van der Waals surface area contributed by atoms with Gasteiger partial charge in [0, 0.05) is 24.3 Å². The highest BCUT2D eigenvalue weighted by molar-refractivity contribution is 8.00. The van der Waals surface area contributed by atoms with Gasteiger partial charge in [-0.05, 0) is 31.6 Å². The molecule has 1 aliphatic rings. The van der Waals surface area contributed by atoms with E-state index < -0.39 is 0 Å². The first kappa shape index (κ1) is 13.9. The lowest BCUT2D eigenvalue weighted by molar-refractivity contribution is 0.442. The molecule has 1 aromatic rings. The van der Waals surface area contributed by atoms with Crippen LogP contribution in [0.5, 0.6) is 0 Å². The Morgan fingerprint density at radius 3 is 3.00 bits per heavy atom. The molecule has 2 rings (SSSR count). The molecule has 2 atom stereocenters. The van der Waals surface area contributed by atoms with E-state index in [2.05, 4.69) is 52.7 Å². The van der Waals surface area contributed by atoms with E-state index in [-0.39, 0.29) is 0 Å². The predicted molar refractivity (Wildman–Crippen MR) is 76.9 cm³/mol. The molecule has 1 aliphatic heterocycles. The molecule has 0 aromatic carbocycles. The highest BCUT2D eigenvalue weighted by Crippen LogP contribution is 2.29. The lowest BCUT2D eigenvalue weighted by atomic mass is 10.1. The Morgan fingerprint density at radius 2 is 2.39 bits per heavy atom. The fourth-order valence-corrected chi connectivity index (χ4v) is 3.91. The number of thioether (sulfide) groups is 1. The SMILES string of the molecule is CNC(Cc1ncnn1CC(C)C)C1CCCS1. The van der Waals surface area contributed by atoms with Gasteiger partial charge in [-0.25, -0.2) is 9.67 Å². The van der Waals surface area contributed by atoms with Crippen LogP contribution in [0.4, 0.5) is 0 Å². The number of hydrogen-bond acceptors (Lipinski definition) is 4. The van der Waals surface area contributed by atoms with Crippen molar-refractivity contribution in [2.24, 2.45) is 5.92 Å². The van der Waals surface area contributed by atoms with Crippen molar-refractivity contribution in [2.75, 3.05) is 12.8 Å². The third-order valence-electron chi connectivity index (χ3n) is 3.42. The molecular weight excluding hydrogens is 244 g/mol. The summed E-state index contributed by atoms with van der Waals surface area (Å²) in [6, 6.07) is 0.521. The maximum Gasteiger partial charge on any atom is 0.138 e. The minimum Gasteiger partial charge on any atom is -0.315 e. The van der Waals surface area contributed by atoms with Gasteiger partial charge >= 0.3 is 0 Å². The summed E-state index contributed by atoms with van der Waals surface area (Å²) in [7, 11) is 2.06. The fraction of sp³-hybridized carbons (Fsp3) is 0.846. The van der Waals surface area contributed by atoms with E-state index in [1.54, 1.807) is 6.33 Å². The zero-order chi connectivity index (χ0) is 13.0. The normalized spacial score (nSPS) is 21.7. The molecule has 0 aliphatic carbocycles. The van der Waals surface area contributed by atoms with Crippen LogP contribution in [0.3, 0.4) is 0 Å². The quantitative estimate of drug-likeness (QED) is 0.856. The minimum absolute atomic E-state index is 0.521. The van der Waals surface area contributed by atoms with E-state index in [1.165, 1.54) is 18.6 Å². The van der Waals surface area contributed by atoms with Crippen LogP contribution in [0.1, 0.15) is 32.5 Å². The molecule has 102 valence electrons. The Hall–Kier alpha value is -0.550. The van der Waals surface area contributed by atoms with Crippen LogP contribution in [-0.4, -0.2) is 38.9 Å². The Labute approximate surface area is 114 Å². The van der Waals surface area contributed by atoms with Gasteiger partial charge in [0.05, 0.1) is 0 Å². The average Bonchev–Trinajstić information content (AvgIpc) is 2.96. The number of hydrogen-bond donors (Lipinski definition) is 1. The largest absolute Gasteiger partial charge is 0.315 e. The number of nitrogens with one attached hydrogen (secondary N) is 1. The fourth-order valence-electron chi connectivity index (χ4n) is 2.48. The van der Waals surface area contributed by atoms with Gasteiger partial charge in [-0.15, -0.1) is 0 Å². The first-order valence-corrected chi connectivity index (χ1v) is 7.91. The van der Waals surface area contributed by atoms with Gasteiger partial charge in [-0.1, -0.05) is 13.8 Å². The van der Waals surface area contributed by atoms with Crippen LogP contribution < -0.4 is 5.32 Å². The first-order valence-electron chi connectivity index (χ1n) is 6.86. The van der Waals surface area contributed by atoms with Crippen molar-refractivity contribution in [3.8, 4) is 0 Å². The van der Waals surface area contributed by atoms with Crippen LogP contribution >= 0.6 is 11.8 Å². The number of nitrogens with zero attached hydrogens (tertiary/aromatic N) is 3. The molecule has 1 aromatic heterocycles. The summed E-state index contributed by atoms with van der Waals surface area (Å²) in [5, 5.41) is 8.54. The molecule has 18 heavy (non-hydrogen) atoms. The molecule has 0 amide bonds. The van der Waals surface area contributed by atoms with Gasteiger partial charge in [0.2, 0.25) is 0 Å². The summed E-state index contributed by atoms with van der Waals surface area (Å²) in [6.45, 7) is 5.39. The molecule has 1 fully saturated rings. The minimum atomic E-state index is 0.521. The average molecular weight is 268 g/mol. The van der Waals surface area contributed by atoms with Crippen LogP contribution in [0.15, 0.2) is 6.33 Å². The molecule has 2 unspecified atom stereocenters. The number of rotatable bonds is 6. The van der Waals surface area contributed by atoms with E-state index in [4.69, 9.17) is 0 Å². The van der Waals surface area contributed by atoms with E-state index in [0.29, 0.717) is 12.0 Å². The summed E-state index contributed by atoms with van der Waals surface area (Å²) >= 11 is 2.10. The van der Waals surface area contributed by atoms with Crippen molar-refractivity contribution in [2.45, 2.75) is 50.9 Å². The molecule has 5 heteroatoms. The van der Waals surface area contributed by atoms with Gasteiger partial charge in [0.15, 0.2) is 0 Å². The van der Waals surface area contributed by atoms with Crippen molar-refractivity contribution in [1.82, 2.24) is 20.1 Å². The Balaban J connectivity index is 2.00. The maximum absolute atomic E-state index is 4.43. The summed E-state index contributed by atoms with van der Waals surface area (Å²) in [4.78, 5) is 4.43. The summed E-state index contributed by atoms with van der Waals surface area (Å²) in [5.41, 5.74) is 0. The molecule has 0 radical (unpaired) electrons. The third kappa shape index (κ3) is 3.48. The number of aromatic nitrogens is 3. The second-order valence-corrected chi connectivity index (χ2v) is 6.75. The van der Waals surface area contributed by atoms with Gasteiger partial charge < -0.3 is 5.32 Å². The highest BCUT2D eigenvalue weighted by Gasteiger charge is 2.26. The molecular formula is C13H24N4S. The standard InChI is InChI=1S/C13H24N4S/c1-10(2)8-17-13(15-9-16-17)7-11(14-3)12-5-4-6-18-12/h9-12,14H,4-8H2,1-3H3. The zero-order valence-corrected chi connectivity index (χ0v) is 12.4. The Morgan fingerprint density at radius 1 is 1.56 bits per heavy atom. The monoisotopic (exact) mass is 268 g/mol. The molecule has 4 nitrogen and oxygen atoms in total. The lowest BCUT2D eigenvalue weighted by Gasteiger charge is -2.22. The summed E-state index contributed by atoms with van der Waals surface area (Å²) in [6.07, 6.45) is 5.35. The smallest absolute Gasteiger partial charge is 0.138 e. The second kappa shape index (κ2) is 6.57. The van der Waals surface area contributed by atoms with Crippen molar-refractivity contribution in [3.05, 3.63) is 12.2 Å². The van der Waals surface area contributed by atoms with E-state index in [9.17, 15) is 0 Å². The lowest BCUT2D eigenvalue weighted by Crippen LogP contribution is -2.37. The van der Waals surface area contributed by atoms with Gasteiger partial charge in [0.1, 0.15) is 12.2 Å². The van der Waals surface area contributed by atoms with Crippen LogP contribution in [0.2, 0.25) is 0 Å². The van der Waals surface area contributed by atoms with Crippen LogP contribution in [0.25, 0.3) is 0 Å². The highest BCUT2D eigenvalue weighted by atomic mass is 32.2. The third-order valence-corrected chi connectivity index (χ3v) is 4.94. The van der Waals surface area contributed by atoms with Gasteiger partial charge in [-0.3, -0.25) is 0 Å². The Kier molecular flexibility index (Phi) is 5.06. The molecule has 0 bridgehead atoms. The van der Waals surface area contributed by atoms with Crippen LogP contribution in [0, 0.1) is 5.92 Å². The zero-order valence-electron chi connectivity index (χ0n) is 11.6. The van der Waals surface area contributed by atoms with Gasteiger partial charge in [0.25, 0.3) is 0 Å². The molecule has 0 saturated carbocycles. The van der Waals surface area contributed by atoms with E-state index >= 15 is 0 Å². The first-order chi connectivity index (χ1) is 8.70. The number of likely N-dealkylation sites (N-methyl/N-ethyl adjacent to an activating group) is 1. The van der Waals surface area contributed by atoms with Crippen LogP contribution in [-0.2, 0) is 13.0 Å². The van der Waals surface area contributed by atoms with E-state index in [0.717, 1.165) is 24.0 Å². The molecule has 1 saturated heterocycles. The summed E-state index contributed by atoms with van der Waals surface area (Å²) < 4.78 is 2.06. The van der Waals surface area contributed by atoms with Crippen molar-refractivity contribution in [3.63, 3.8) is 0 Å². The predicted octanol–water partition coefficient (Wildman–Crippen LogP) is 1.96.